The lowest BCUT2D eigenvalue weighted by molar-refractivity contribution is 0.565. The van der Waals surface area contributed by atoms with Gasteiger partial charge < -0.3 is 19.7 Å². The third-order valence-corrected chi connectivity index (χ3v) is 7.18. The van der Waals surface area contributed by atoms with Gasteiger partial charge in [-0.2, -0.15) is 0 Å². The third kappa shape index (κ3) is 4.28. The molecule has 3 heterocycles. The van der Waals surface area contributed by atoms with Crippen molar-refractivity contribution in [2.45, 2.75) is 25.9 Å². The number of hydrogen-bond donors (Lipinski definition) is 1. The lowest BCUT2D eigenvalue weighted by Gasteiger charge is -2.28. The van der Waals surface area contributed by atoms with E-state index in [-0.39, 0.29) is 12.1 Å². The van der Waals surface area contributed by atoms with Gasteiger partial charge in [-0.15, -0.1) is 0 Å². The number of thiocarbonyl (C=S) groups is 1. The molecule has 4 aromatic rings. The SMILES string of the molecule is Cc1cc([C@H]2[C@@H](c3ccccn3)NC(=S)N2c2ccc(N(C)C)cc2)c(C)n1-c1ccc(Cl)cc1. The first kappa shape index (κ1) is 23.4. The van der Waals surface area contributed by atoms with E-state index in [1.165, 1.54) is 5.56 Å². The van der Waals surface area contributed by atoms with E-state index in [0.29, 0.717) is 5.11 Å². The molecule has 0 spiro atoms. The minimum absolute atomic E-state index is 0.0603. The summed E-state index contributed by atoms with van der Waals surface area (Å²) in [6.45, 7) is 4.30. The first-order valence-corrected chi connectivity index (χ1v) is 12.4. The Bertz CT molecular complexity index is 1350. The van der Waals surface area contributed by atoms with Gasteiger partial charge in [0.15, 0.2) is 5.11 Å². The van der Waals surface area contributed by atoms with Gasteiger partial charge in [-0.25, -0.2) is 0 Å². The van der Waals surface area contributed by atoms with Crippen LogP contribution >= 0.6 is 23.8 Å². The van der Waals surface area contributed by atoms with Gasteiger partial charge in [0.05, 0.1) is 17.8 Å². The molecule has 1 aliphatic heterocycles. The molecule has 1 aliphatic rings. The number of nitrogens with one attached hydrogen (secondary N) is 1. The number of anilines is 2. The van der Waals surface area contributed by atoms with E-state index in [9.17, 15) is 0 Å². The molecule has 2 aromatic heterocycles. The van der Waals surface area contributed by atoms with Crippen LogP contribution in [0.25, 0.3) is 5.69 Å². The first-order valence-electron chi connectivity index (χ1n) is 11.6. The molecule has 0 aliphatic carbocycles. The van der Waals surface area contributed by atoms with Crippen molar-refractivity contribution >= 4 is 40.3 Å². The normalized spacial score (nSPS) is 17.5. The van der Waals surface area contributed by atoms with Crippen molar-refractivity contribution in [3.63, 3.8) is 0 Å². The van der Waals surface area contributed by atoms with E-state index >= 15 is 0 Å². The van der Waals surface area contributed by atoms with E-state index in [0.717, 1.165) is 39.2 Å². The fraction of sp³-hybridized carbons (Fsp3) is 0.214. The largest absolute Gasteiger partial charge is 0.378 e. The molecule has 5 nitrogen and oxygen atoms in total. The first-order chi connectivity index (χ1) is 16.8. The molecule has 2 aromatic carbocycles. The molecule has 0 radical (unpaired) electrons. The van der Waals surface area contributed by atoms with Gasteiger partial charge in [0.2, 0.25) is 0 Å². The molecular weight excluding hydrogens is 474 g/mol. The van der Waals surface area contributed by atoms with Gasteiger partial charge in [-0.3, -0.25) is 4.98 Å². The minimum atomic E-state index is -0.0867. The number of rotatable bonds is 5. The van der Waals surface area contributed by atoms with E-state index in [1.807, 2.05) is 44.6 Å². The van der Waals surface area contributed by atoms with Crippen LogP contribution in [0.1, 0.15) is 34.7 Å². The summed E-state index contributed by atoms with van der Waals surface area (Å²) in [5.74, 6) is 0. The number of aryl methyl sites for hydroxylation is 1. The molecule has 1 N–H and O–H groups in total. The van der Waals surface area contributed by atoms with Gasteiger partial charge in [-0.1, -0.05) is 17.7 Å². The molecule has 0 saturated carbocycles. The number of nitrogens with zero attached hydrogens (tertiary/aromatic N) is 4. The van der Waals surface area contributed by atoms with E-state index < -0.39 is 0 Å². The maximum Gasteiger partial charge on any atom is 0.174 e. The Hall–Kier alpha value is -3.35. The van der Waals surface area contributed by atoms with Gasteiger partial charge in [0.1, 0.15) is 0 Å². The molecule has 0 bridgehead atoms. The summed E-state index contributed by atoms with van der Waals surface area (Å²) in [5, 5.41) is 4.99. The topological polar surface area (TPSA) is 36.3 Å². The molecule has 0 unspecified atom stereocenters. The summed E-state index contributed by atoms with van der Waals surface area (Å²) in [6, 6.07) is 24.6. The second kappa shape index (κ2) is 9.36. The molecular formula is C28H28ClN5S. The Labute approximate surface area is 217 Å². The highest BCUT2D eigenvalue weighted by molar-refractivity contribution is 7.80. The van der Waals surface area contributed by atoms with E-state index in [2.05, 4.69) is 87.0 Å². The van der Waals surface area contributed by atoms with Crippen molar-refractivity contribution in [1.29, 1.82) is 0 Å². The maximum absolute atomic E-state index is 6.16. The number of benzene rings is 2. The summed E-state index contributed by atoms with van der Waals surface area (Å²) < 4.78 is 2.27. The molecule has 1 saturated heterocycles. The summed E-state index contributed by atoms with van der Waals surface area (Å²) in [5.41, 5.74) is 7.76. The van der Waals surface area contributed by atoms with E-state index in [1.54, 1.807) is 0 Å². The van der Waals surface area contributed by atoms with Crippen LogP contribution in [0.15, 0.2) is 79.0 Å². The van der Waals surface area contributed by atoms with Crippen LogP contribution in [0, 0.1) is 13.8 Å². The molecule has 1 fully saturated rings. The van der Waals surface area contributed by atoms with Gasteiger partial charge in [0, 0.05) is 53.8 Å². The molecule has 5 rings (SSSR count). The second-order valence-corrected chi connectivity index (χ2v) is 9.87. The smallest absolute Gasteiger partial charge is 0.174 e. The molecule has 0 amide bonds. The fourth-order valence-electron chi connectivity index (χ4n) is 4.93. The van der Waals surface area contributed by atoms with Crippen molar-refractivity contribution in [2.24, 2.45) is 0 Å². The third-order valence-electron chi connectivity index (χ3n) is 6.62. The highest BCUT2D eigenvalue weighted by Crippen LogP contribution is 2.44. The molecule has 178 valence electrons. The number of pyridine rings is 1. The zero-order valence-electron chi connectivity index (χ0n) is 20.2. The Kier molecular flexibility index (Phi) is 6.26. The lowest BCUT2D eigenvalue weighted by atomic mass is 9.96. The van der Waals surface area contributed by atoms with Crippen LogP contribution in [0.2, 0.25) is 5.02 Å². The molecule has 2 atom stereocenters. The van der Waals surface area contributed by atoms with Gasteiger partial charge >= 0.3 is 0 Å². The van der Waals surface area contributed by atoms with Crippen LogP contribution in [0.4, 0.5) is 11.4 Å². The Morgan fingerprint density at radius 1 is 0.943 bits per heavy atom. The van der Waals surface area contributed by atoms with Gasteiger partial charge in [-0.05, 0) is 98.4 Å². The highest BCUT2D eigenvalue weighted by Gasteiger charge is 2.42. The molecule has 7 heteroatoms. The summed E-state index contributed by atoms with van der Waals surface area (Å²) >= 11 is 12.1. The summed E-state index contributed by atoms with van der Waals surface area (Å²) in [4.78, 5) is 9.01. The zero-order chi connectivity index (χ0) is 24.7. The lowest BCUT2D eigenvalue weighted by Crippen LogP contribution is -2.29. The van der Waals surface area contributed by atoms with Crippen molar-refractivity contribution in [2.75, 3.05) is 23.9 Å². The fourth-order valence-corrected chi connectivity index (χ4v) is 5.41. The van der Waals surface area contributed by atoms with Crippen LogP contribution < -0.4 is 15.1 Å². The zero-order valence-corrected chi connectivity index (χ0v) is 21.8. The quantitative estimate of drug-likeness (QED) is 0.321. The maximum atomic E-state index is 6.16. The van der Waals surface area contributed by atoms with Crippen LogP contribution in [-0.4, -0.2) is 28.8 Å². The Morgan fingerprint density at radius 3 is 2.26 bits per heavy atom. The average molecular weight is 502 g/mol. The summed E-state index contributed by atoms with van der Waals surface area (Å²) in [6.07, 6.45) is 1.84. The predicted octanol–water partition coefficient (Wildman–Crippen LogP) is 6.39. The van der Waals surface area contributed by atoms with Crippen LogP contribution in [0.5, 0.6) is 0 Å². The number of halogens is 1. The Balaban J connectivity index is 1.65. The predicted molar refractivity (Wildman–Crippen MR) is 149 cm³/mol. The van der Waals surface area contributed by atoms with Crippen LogP contribution in [0.3, 0.4) is 0 Å². The van der Waals surface area contributed by atoms with Crippen molar-refractivity contribution in [1.82, 2.24) is 14.9 Å². The number of aromatic nitrogens is 2. The second-order valence-electron chi connectivity index (χ2n) is 9.05. The average Bonchev–Trinajstić information content (AvgIpc) is 3.35. The van der Waals surface area contributed by atoms with E-state index in [4.69, 9.17) is 23.8 Å². The highest BCUT2D eigenvalue weighted by atomic mass is 35.5. The Morgan fingerprint density at radius 2 is 1.63 bits per heavy atom. The monoisotopic (exact) mass is 501 g/mol. The molecule has 35 heavy (non-hydrogen) atoms. The van der Waals surface area contributed by atoms with Crippen molar-refractivity contribution in [3.8, 4) is 5.69 Å². The standard InChI is InChI=1S/C28H28ClN5S/c1-18-17-24(19(2)33(18)22-10-8-20(29)9-11-22)27-26(25-7-5-6-16-30-25)31-28(35)34(27)23-14-12-21(13-15-23)32(3)4/h5-17,26-27H,1-4H3,(H,31,35)/t26-,27+/m1/s1. The van der Waals surface area contributed by atoms with Crippen molar-refractivity contribution < 1.29 is 0 Å². The van der Waals surface area contributed by atoms with Crippen LogP contribution in [-0.2, 0) is 0 Å². The number of hydrogen-bond acceptors (Lipinski definition) is 3. The minimum Gasteiger partial charge on any atom is -0.378 e. The van der Waals surface area contributed by atoms with Gasteiger partial charge in [0.25, 0.3) is 0 Å². The summed E-state index contributed by atoms with van der Waals surface area (Å²) in [7, 11) is 4.09. The van der Waals surface area contributed by atoms with Crippen molar-refractivity contribution in [3.05, 3.63) is 107 Å².